The van der Waals surface area contributed by atoms with Gasteiger partial charge in [0.05, 0.1) is 17.6 Å². The van der Waals surface area contributed by atoms with Crippen molar-refractivity contribution >= 4 is 11.6 Å². The van der Waals surface area contributed by atoms with Crippen LogP contribution in [0.15, 0.2) is 51.8 Å². The number of H-pyrrole nitrogens is 1. The first-order valence-corrected chi connectivity index (χ1v) is 8.80. The highest BCUT2D eigenvalue weighted by molar-refractivity contribution is 6.06. The summed E-state index contributed by atoms with van der Waals surface area (Å²) in [5, 5.41) is 9.62. The Morgan fingerprint density at radius 3 is 2.81 bits per heavy atom. The quantitative estimate of drug-likeness (QED) is 0.738. The predicted octanol–water partition coefficient (Wildman–Crippen LogP) is 3.44. The summed E-state index contributed by atoms with van der Waals surface area (Å²) in [5.74, 6) is -0.0569. The van der Waals surface area contributed by atoms with Gasteiger partial charge in [-0.05, 0) is 31.4 Å². The standard InChI is InChI=1S/C20H19N3O4/c1-12-10-16(15-8-5-9-26-15)27-20(25)17(12)19(24)22-14-11-21-23-18(14)13-6-3-2-4-7-13/h2-4,6-7,10-11,15H,5,8-9H2,1H3,(H,21,23)(H,22,24). The van der Waals surface area contributed by atoms with E-state index in [9.17, 15) is 9.59 Å². The summed E-state index contributed by atoms with van der Waals surface area (Å²) in [4.78, 5) is 25.2. The number of aromatic amines is 1. The first kappa shape index (κ1) is 17.2. The van der Waals surface area contributed by atoms with E-state index in [1.54, 1.807) is 13.0 Å². The number of nitrogens with zero attached hydrogens (tertiary/aromatic N) is 1. The fraction of sp³-hybridized carbons (Fsp3) is 0.250. The molecule has 0 bridgehead atoms. The van der Waals surface area contributed by atoms with Crippen molar-refractivity contribution < 1.29 is 13.9 Å². The van der Waals surface area contributed by atoms with Crippen molar-refractivity contribution in [1.82, 2.24) is 10.2 Å². The maximum absolute atomic E-state index is 12.7. The summed E-state index contributed by atoms with van der Waals surface area (Å²) >= 11 is 0. The highest BCUT2D eigenvalue weighted by Crippen LogP contribution is 2.29. The van der Waals surface area contributed by atoms with Gasteiger partial charge in [0.25, 0.3) is 5.91 Å². The minimum Gasteiger partial charge on any atom is -0.424 e. The SMILES string of the molecule is Cc1cc(C2CCCO2)oc(=O)c1C(=O)Nc1cn[nH]c1-c1ccccc1. The van der Waals surface area contributed by atoms with Gasteiger partial charge in [-0.3, -0.25) is 9.89 Å². The summed E-state index contributed by atoms with van der Waals surface area (Å²) in [5.41, 5.74) is 1.91. The lowest BCUT2D eigenvalue weighted by molar-refractivity contribution is 0.0895. The molecule has 2 aromatic heterocycles. The van der Waals surface area contributed by atoms with E-state index in [0.29, 0.717) is 29.3 Å². The Morgan fingerprint density at radius 2 is 2.11 bits per heavy atom. The molecule has 1 amide bonds. The van der Waals surface area contributed by atoms with Crippen LogP contribution >= 0.6 is 0 Å². The third kappa shape index (κ3) is 3.41. The van der Waals surface area contributed by atoms with E-state index in [4.69, 9.17) is 9.15 Å². The summed E-state index contributed by atoms with van der Waals surface area (Å²) < 4.78 is 10.9. The molecule has 0 radical (unpaired) electrons. The van der Waals surface area contributed by atoms with Crippen LogP contribution in [0, 0.1) is 6.92 Å². The van der Waals surface area contributed by atoms with Gasteiger partial charge in [0.15, 0.2) is 0 Å². The second-order valence-electron chi connectivity index (χ2n) is 6.47. The van der Waals surface area contributed by atoms with Crippen LogP contribution in [0.25, 0.3) is 11.3 Å². The van der Waals surface area contributed by atoms with Gasteiger partial charge in [-0.15, -0.1) is 0 Å². The molecule has 1 saturated heterocycles. The topological polar surface area (TPSA) is 97.2 Å². The zero-order valence-electron chi connectivity index (χ0n) is 14.8. The number of benzene rings is 1. The van der Waals surface area contributed by atoms with Crippen molar-refractivity contribution in [2.45, 2.75) is 25.9 Å². The van der Waals surface area contributed by atoms with Gasteiger partial charge in [-0.25, -0.2) is 4.79 Å². The highest BCUT2D eigenvalue weighted by atomic mass is 16.5. The first-order chi connectivity index (χ1) is 13.1. The van der Waals surface area contributed by atoms with Crippen molar-refractivity contribution in [1.29, 1.82) is 0 Å². The normalized spacial score (nSPS) is 16.4. The molecule has 7 heteroatoms. The average molecular weight is 365 g/mol. The lowest BCUT2D eigenvalue weighted by atomic mass is 10.1. The molecule has 0 saturated carbocycles. The number of hydrogen-bond donors (Lipinski definition) is 2. The molecule has 4 rings (SSSR count). The van der Waals surface area contributed by atoms with Gasteiger partial charge >= 0.3 is 5.63 Å². The summed E-state index contributed by atoms with van der Waals surface area (Å²) in [6.07, 6.45) is 3.03. The Balaban J connectivity index is 1.61. The molecular weight excluding hydrogens is 346 g/mol. The van der Waals surface area contributed by atoms with Crippen LogP contribution in [0.3, 0.4) is 0 Å². The number of carbonyl (C=O) groups excluding carboxylic acids is 1. The van der Waals surface area contributed by atoms with Gasteiger partial charge in [0, 0.05) is 12.2 Å². The van der Waals surface area contributed by atoms with Crippen LogP contribution in [0.4, 0.5) is 5.69 Å². The zero-order valence-corrected chi connectivity index (χ0v) is 14.8. The fourth-order valence-electron chi connectivity index (χ4n) is 3.26. The molecule has 3 aromatic rings. The first-order valence-electron chi connectivity index (χ1n) is 8.80. The Bertz CT molecular complexity index is 1020. The van der Waals surface area contributed by atoms with E-state index in [1.165, 1.54) is 6.20 Å². The number of hydrogen-bond acceptors (Lipinski definition) is 5. The number of nitrogens with one attached hydrogen (secondary N) is 2. The molecule has 1 aliphatic heterocycles. The van der Waals surface area contributed by atoms with Crippen LogP contribution in [-0.2, 0) is 4.74 Å². The molecular formula is C20H19N3O4. The number of anilines is 1. The van der Waals surface area contributed by atoms with Crippen molar-refractivity contribution in [2.24, 2.45) is 0 Å². The zero-order chi connectivity index (χ0) is 18.8. The van der Waals surface area contributed by atoms with Crippen molar-refractivity contribution in [2.75, 3.05) is 11.9 Å². The molecule has 138 valence electrons. The van der Waals surface area contributed by atoms with E-state index in [2.05, 4.69) is 15.5 Å². The minimum absolute atomic E-state index is 0.0167. The lowest BCUT2D eigenvalue weighted by Gasteiger charge is -2.11. The maximum Gasteiger partial charge on any atom is 0.349 e. The number of amides is 1. The smallest absolute Gasteiger partial charge is 0.349 e. The second-order valence-corrected chi connectivity index (χ2v) is 6.47. The lowest BCUT2D eigenvalue weighted by Crippen LogP contribution is -2.23. The molecule has 1 atom stereocenters. The minimum atomic E-state index is -0.664. The Morgan fingerprint density at radius 1 is 1.30 bits per heavy atom. The molecule has 1 aliphatic rings. The Labute approximate surface area is 155 Å². The van der Waals surface area contributed by atoms with E-state index < -0.39 is 11.5 Å². The maximum atomic E-state index is 12.7. The van der Waals surface area contributed by atoms with E-state index in [1.807, 2.05) is 30.3 Å². The average Bonchev–Trinajstić information content (AvgIpc) is 3.34. The van der Waals surface area contributed by atoms with Gasteiger partial charge in [-0.2, -0.15) is 5.10 Å². The summed E-state index contributed by atoms with van der Waals surface area (Å²) in [6.45, 7) is 2.37. The fourth-order valence-corrected chi connectivity index (χ4v) is 3.26. The van der Waals surface area contributed by atoms with Crippen LogP contribution < -0.4 is 10.9 Å². The van der Waals surface area contributed by atoms with Gasteiger partial charge in [-0.1, -0.05) is 30.3 Å². The van der Waals surface area contributed by atoms with E-state index >= 15 is 0 Å². The van der Waals surface area contributed by atoms with Crippen molar-refractivity contribution in [3.63, 3.8) is 0 Å². The van der Waals surface area contributed by atoms with Crippen LogP contribution in [0.1, 0.15) is 40.6 Å². The predicted molar refractivity (Wildman–Crippen MR) is 99.6 cm³/mol. The second kappa shape index (κ2) is 7.20. The number of aromatic nitrogens is 2. The highest BCUT2D eigenvalue weighted by Gasteiger charge is 2.24. The number of rotatable bonds is 4. The third-order valence-corrected chi connectivity index (χ3v) is 4.59. The van der Waals surface area contributed by atoms with Crippen molar-refractivity contribution in [3.05, 3.63) is 69.9 Å². The number of ether oxygens (including phenoxy) is 1. The number of aryl methyl sites for hydroxylation is 1. The molecule has 0 aliphatic carbocycles. The molecule has 7 nitrogen and oxygen atoms in total. The van der Waals surface area contributed by atoms with Gasteiger partial charge < -0.3 is 14.5 Å². The molecule has 1 aromatic carbocycles. The van der Waals surface area contributed by atoms with E-state index in [-0.39, 0.29) is 11.7 Å². The van der Waals surface area contributed by atoms with Crippen LogP contribution in [0.5, 0.6) is 0 Å². The monoisotopic (exact) mass is 365 g/mol. The largest absolute Gasteiger partial charge is 0.424 e. The van der Waals surface area contributed by atoms with Crippen molar-refractivity contribution in [3.8, 4) is 11.3 Å². The van der Waals surface area contributed by atoms with Crippen LogP contribution in [-0.4, -0.2) is 22.7 Å². The summed E-state index contributed by atoms with van der Waals surface area (Å²) in [7, 11) is 0. The summed E-state index contributed by atoms with van der Waals surface area (Å²) in [6, 6.07) is 11.2. The van der Waals surface area contributed by atoms with Crippen LogP contribution in [0.2, 0.25) is 0 Å². The molecule has 3 heterocycles. The molecule has 1 fully saturated rings. The molecule has 27 heavy (non-hydrogen) atoms. The number of carbonyl (C=O) groups is 1. The van der Waals surface area contributed by atoms with E-state index in [0.717, 1.165) is 18.4 Å². The Hall–Kier alpha value is -3.19. The molecule has 0 spiro atoms. The Kier molecular flexibility index (Phi) is 4.60. The van der Waals surface area contributed by atoms with Gasteiger partial charge in [0.1, 0.15) is 17.4 Å². The third-order valence-electron chi connectivity index (χ3n) is 4.59. The van der Waals surface area contributed by atoms with Gasteiger partial charge in [0.2, 0.25) is 0 Å². The molecule has 2 N–H and O–H groups in total. The molecule has 1 unspecified atom stereocenters.